The highest BCUT2D eigenvalue weighted by Crippen LogP contribution is 2.25. The van der Waals surface area contributed by atoms with Crippen molar-refractivity contribution in [2.75, 3.05) is 18.5 Å². The van der Waals surface area contributed by atoms with E-state index < -0.39 is 0 Å². The Morgan fingerprint density at radius 2 is 2.20 bits per heavy atom. The Morgan fingerprint density at radius 1 is 1.44 bits per heavy atom. The van der Waals surface area contributed by atoms with E-state index in [1.165, 1.54) is 0 Å². The first-order chi connectivity index (χ1) is 12.1. The summed E-state index contributed by atoms with van der Waals surface area (Å²) in [6.45, 7) is 5.06. The number of nitriles is 1. The third kappa shape index (κ3) is 5.07. The van der Waals surface area contributed by atoms with Gasteiger partial charge in [0.25, 0.3) is 5.91 Å². The Hall–Kier alpha value is -2.32. The first-order valence-electron chi connectivity index (χ1n) is 8.95. The van der Waals surface area contributed by atoms with Crippen LogP contribution in [0.2, 0.25) is 0 Å². The Morgan fingerprint density at radius 3 is 2.88 bits per heavy atom. The third-order valence-electron chi connectivity index (χ3n) is 4.63. The van der Waals surface area contributed by atoms with Gasteiger partial charge < -0.3 is 15.3 Å². The molecule has 1 heterocycles. The van der Waals surface area contributed by atoms with Crippen molar-refractivity contribution >= 4 is 11.6 Å². The van der Waals surface area contributed by atoms with Crippen LogP contribution in [-0.2, 0) is 4.79 Å². The van der Waals surface area contributed by atoms with Gasteiger partial charge in [0, 0.05) is 31.1 Å². The van der Waals surface area contributed by atoms with Crippen LogP contribution in [0.3, 0.4) is 0 Å². The first-order valence-corrected chi connectivity index (χ1v) is 8.95. The zero-order valence-corrected chi connectivity index (χ0v) is 15.0. The lowest BCUT2D eigenvalue weighted by Gasteiger charge is -2.34. The lowest BCUT2D eigenvalue weighted by atomic mass is 9.99. The number of para-hydroxylation sites is 1. The molecule has 1 atom stereocenters. The van der Waals surface area contributed by atoms with Gasteiger partial charge in [0.15, 0.2) is 0 Å². The van der Waals surface area contributed by atoms with Crippen molar-refractivity contribution in [1.82, 2.24) is 4.90 Å². The molecular formula is C20H27N3O2. The van der Waals surface area contributed by atoms with E-state index in [-0.39, 0.29) is 30.0 Å². The van der Waals surface area contributed by atoms with Crippen LogP contribution in [-0.4, -0.2) is 35.1 Å². The molecule has 0 aromatic heterocycles. The molecule has 1 aliphatic heterocycles. The number of likely N-dealkylation sites (tertiary alicyclic amines) is 1. The van der Waals surface area contributed by atoms with Crippen LogP contribution in [0, 0.1) is 11.3 Å². The van der Waals surface area contributed by atoms with Crippen LogP contribution < -0.4 is 5.32 Å². The summed E-state index contributed by atoms with van der Waals surface area (Å²) in [5, 5.41) is 21.5. The van der Waals surface area contributed by atoms with E-state index in [0.717, 1.165) is 37.1 Å². The number of benzene rings is 1. The first kappa shape index (κ1) is 19.0. The minimum Gasteiger partial charge on any atom is -0.396 e. The zero-order valence-electron chi connectivity index (χ0n) is 15.0. The van der Waals surface area contributed by atoms with Crippen LogP contribution in [0.5, 0.6) is 0 Å². The van der Waals surface area contributed by atoms with Crippen molar-refractivity contribution in [3.8, 4) is 6.07 Å². The summed E-state index contributed by atoms with van der Waals surface area (Å²) in [7, 11) is 0. The number of aliphatic hydroxyl groups is 1. The molecule has 1 saturated heterocycles. The van der Waals surface area contributed by atoms with Crippen molar-refractivity contribution in [3.05, 3.63) is 41.6 Å². The molecule has 1 amide bonds. The van der Waals surface area contributed by atoms with Crippen molar-refractivity contribution in [3.63, 3.8) is 0 Å². The number of piperidine rings is 1. The number of aliphatic hydroxyl groups excluding tert-OH is 1. The minimum atomic E-state index is -0.385. The molecule has 1 aromatic carbocycles. The molecule has 1 unspecified atom stereocenters. The van der Waals surface area contributed by atoms with E-state index in [4.69, 9.17) is 0 Å². The predicted octanol–water partition coefficient (Wildman–Crippen LogP) is 3.39. The molecule has 5 heteroatoms. The second-order valence-electron chi connectivity index (χ2n) is 6.75. The SMILES string of the molecule is CC(C)c1ccccc1NC(=O)/C(C#N)=C\N1CCCCC1CCO. The predicted molar refractivity (Wildman–Crippen MR) is 98.9 cm³/mol. The van der Waals surface area contributed by atoms with E-state index in [1.807, 2.05) is 35.2 Å². The molecule has 2 N–H and O–H groups in total. The number of hydrogen-bond donors (Lipinski definition) is 2. The third-order valence-corrected chi connectivity index (χ3v) is 4.63. The maximum Gasteiger partial charge on any atom is 0.267 e. The average Bonchev–Trinajstić information content (AvgIpc) is 2.61. The van der Waals surface area contributed by atoms with Crippen LogP contribution in [0.15, 0.2) is 36.0 Å². The summed E-state index contributed by atoms with van der Waals surface area (Å²) in [5.74, 6) is -0.106. The van der Waals surface area contributed by atoms with E-state index in [9.17, 15) is 15.2 Å². The molecule has 2 rings (SSSR count). The van der Waals surface area contributed by atoms with Gasteiger partial charge in [-0.05, 0) is 43.2 Å². The average molecular weight is 341 g/mol. The maximum atomic E-state index is 12.6. The van der Waals surface area contributed by atoms with Crippen molar-refractivity contribution < 1.29 is 9.90 Å². The van der Waals surface area contributed by atoms with Gasteiger partial charge in [-0.3, -0.25) is 4.79 Å². The molecule has 0 aliphatic carbocycles. The Balaban J connectivity index is 2.17. The monoisotopic (exact) mass is 341 g/mol. The lowest BCUT2D eigenvalue weighted by Crippen LogP contribution is -2.37. The van der Waals surface area contributed by atoms with Crippen LogP contribution in [0.1, 0.15) is 51.0 Å². The number of nitrogens with one attached hydrogen (secondary N) is 1. The van der Waals surface area contributed by atoms with Gasteiger partial charge in [-0.25, -0.2) is 0 Å². The molecular weight excluding hydrogens is 314 g/mol. The van der Waals surface area contributed by atoms with Gasteiger partial charge in [0.05, 0.1) is 0 Å². The number of carbonyl (C=O) groups is 1. The summed E-state index contributed by atoms with van der Waals surface area (Å²) in [4.78, 5) is 14.6. The summed E-state index contributed by atoms with van der Waals surface area (Å²) in [5.41, 5.74) is 1.89. The van der Waals surface area contributed by atoms with Crippen LogP contribution >= 0.6 is 0 Å². The van der Waals surface area contributed by atoms with Gasteiger partial charge >= 0.3 is 0 Å². The number of hydrogen-bond acceptors (Lipinski definition) is 4. The minimum absolute atomic E-state index is 0.100. The topological polar surface area (TPSA) is 76.4 Å². The Labute approximate surface area is 150 Å². The van der Waals surface area contributed by atoms with Gasteiger partial charge in [-0.15, -0.1) is 0 Å². The molecule has 1 aromatic rings. The second-order valence-corrected chi connectivity index (χ2v) is 6.75. The molecule has 25 heavy (non-hydrogen) atoms. The summed E-state index contributed by atoms with van der Waals surface area (Å²) >= 11 is 0. The fourth-order valence-electron chi connectivity index (χ4n) is 3.26. The fraction of sp³-hybridized carbons (Fsp3) is 0.500. The Bertz CT molecular complexity index is 659. The summed E-state index contributed by atoms with van der Waals surface area (Å²) in [6.07, 6.45) is 5.45. The molecule has 1 aliphatic rings. The maximum absolute atomic E-state index is 12.6. The quantitative estimate of drug-likeness (QED) is 0.614. The molecule has 0 radical (unpaired) electrons. The normalized spacial score (nSPS) is 18.1. The molecule has 0 spiro atoms. The van der Waals surface area contributed by atoms with Crippen molar-refractivity contribution in [2.45, 2.75) is 51.5 Å². The molecule has 1 fully saturated rings. The summed E-state index contributed by atoms with van der Waals surface area (Å²) in [6, 6.07) is 9.88. The van der Waals surface area contributed by atoms with Gasteiger partial charge in [-0.2, -0.15) is 5.26 Å². The number of carbonyl (C=O) groups excluding carboxylic acids is 1. The largest absolute Gasteiger partial charge is 0.396 e. The van der Waals surface area contributed by atoms with E-state index in [0.29, 0.717) is 6.42 Å². The van der Waals surface area contributed by atoms with Crippen LogP contribution in [0.4, 0.5) is 5.69 Å². The lowest BCUT2D eigenvalue weighted by molar-refractivity contribution is -0.112. The molecule has 0 bridgehead atoms. The number of nitrogens with zero attached hydrogens (tertiary/aromatic N) is 2. The molecule has 5 nitrogen and oxygen atoms in total. The van der Waals surface area contributed by atoms with E-state index >= 15 is 0 Å². The highest BCUT2D eigenvalue weighted by Gasteiger charge is 2.21. The number of amides is 1. The van der Waals surface area contributed by atoms with E-state index in [2.05, 4.69) is 19.2 Å². The zero-order chi connectivity index (χ0) is 18.2. The van der Waals surface area contributed by atoms with Crippen LogP contribution in [0.25, 0.3) is 0 Å². The Kier molecular flexibility index (Phi) is 7.03. The summed E-state index contributed by atoms with van der Waals surface area (Å²) < 4.78 is 0. The number of rotatable bonds is 6. The van der Waals surface area contributed by atoms with Gasteiger partial charge in [-0.1, -0.05) is 32.0 Å². The molecule has 0 saturated carbocycles. The highest BCUT2D eigenvalue weighted by molar-refractivity contribution is 6.06. The van der Waals surface area contributed by atoms with Gasteiger partial charge in [0.1, 0.15) is 11.6 Å². The second kappa shape index (κ2) is 9.24. The fourth-order valence-corrected chi connectivity index (χ4v) is 3.26. The van der Waals surface area contributed by atoms with Gasteiger partial charge in [0.2, 0.25) is 0 Å². The number of anilines is 1. The van der Waals surface area contributed by atoms with Crippen molar-refractivity contribution in [2.24, 2.45) is 0 Å². The van der Waals surface area contributed by atoms with Crippen molar-refractivity contribution in [1.29, 1.82) is 5.26 Å². The molecule has 134 valence electrons. The smallest absolute Gasteiger partial charge is 0.267 e. The highest BCUT2D eigenvalue weighted by atomic mass is 16.3. The standard InChI is InChI=1S/C20H27N3O2/c1-15(2)18-8-3-4-9-19(18)22-20(25)16(13-21)14-23-11-6-5-7-17(23)10-12-24/h3-4,8-9,14-15,17,24H,5-7,10-12H2,1-2H3,(H,22,25)/b16-14-. The van der Waals surface area contributed by atoms with E-state index in [1.54, 1.807) is 6.20 Å².